The highest BCUT2D eigenvalue weighted by Crippen LogP contribution is 2.27. The molecule has 6 nitrogen and oxygen atoms in total. The summed E-state index contributed by atoms with van der Waals surface area (Å²) in [6, 6.07) is 13.7. The van der Waals surface area contributed by atoms with Crippen LogP contribution in [0, 0.1) is 5.92 Å². The second-order valence-electron chi connectivity index (χ2n) is 7.05. The van der Waals surface area contributed by atoms with Crippen molar-refractivity contribution in [2.75, 3.05) is 37.7 Å². The maximum absolute atomic E-state index is 13.1. The van der Waals surface area contributed by atoms with Crippen molar-refractivity contribution in [2.45, 2.75) is 18.9 Å². The van der Waals surface area contributed by atoms with Crippen LogP contribution in [-0.2, 0) is 9.53 Å². The number of nitrogens with zero attached hydrogens (tertiary/aromatic N) is 4. The van der Waals surface area contributed by atoms with Crippen LogP contribution >= 0.6 is 11.6 Å². The molecule has 142 valence electrons. The molecule has 3 heterocycles. The number of amides is 1. The fourth-order valence-corrected chi connectivity index (χ4v) is 3.94. The quantitative estimate of drug-likeness (QED) is 0.811. The second-order valence-corrected chi connectivity index (χ2v) is 7.44. The predicted octanol–water partition coefficient (Wildman–Crippen LogP) is 2.95. The standard InChI is InChI=1S/C20H23ClN4O2/c21-18-8-9-19(23-22-18)24-10-4-7-16(13-24)20(26)25-11-12-27-17(14-25)15-5-2-1-3-6-15/h1-3,5-6,8-9,16-17H,4,7,10-14H2/t16-,17-/m1/s1. The van der Waals surface area contributed by atoms with Crippen molar-refractivity contribution in [3.05, 3.63) is 53.2 Å². The van der Waals surface area contributed by atoms with Crippen molar-refractivity contribution in [3.63, 3.8) is 0 Å². The summed E-state index contributed by atoms with van der Waals surface area (Å²) < 4.78 is 5.90. The van der Waals surface area contributed by atoms with Crippen molar-refractivity contribution in [3.8, 4) is 0 Å². The Labute approximate surface area is 164 Å². The molecule has 2 saturated heterocycles. The molecule has 2 aromatic rings. The SMILES string of the molecule is O=C([C@@H]1CCCN(c2ccc(Cl)nn2)C1)N1CCO[C@@H](c2ccccc2)C1. The van der Waals surface area contributed by atoms with Gasteiger partial charge in [-0.1, -0.05) is 41.9 Å². The fraction of sp³-hybridized carbons (Fsp3) is 0.450. The predicted molar refractivity (Wildman–Crippen MR) is 104 cm³/mol. The molecule has 4 rings (SSSR count). The molecule has 0 bridgehead atoms. The average molecular weight is 387 g/mol. The third kappa shape index (κ3) is 4.22. The van der Waals surface area contributed by atoms with Crippen LogP contribution in [0.15, 0.2) is 42.5 Å². The van der Waals surface area contributed by atoms with Crippen LogP contribution < -0.4 is 4.90 Å². The van der Waals surface area contributed by atoms with Gasteiger partial charge in [0.05, 0.1) is 19.1 Å². The Morgan fingerprint density at radius 2 is 1.93 bits per heavy atom. The topological polar surface area (TPSA) is 58.6 Å². The lowest BCUT2D eigenvalue weighted by Crippen LogP contribution is -2.49. The molecule has 1 amide bonds. The van der Waals surface area contributed by atoms with Crippen LogP contribution in [0.4, 0.5) is 5.82 Å². The third-order valence-corrected chi connectivity index (χ3v) is 5.46. The Kier molecular flexibility index (Phi) is 5.55. The number of benzene rings is 1. The van der Waals surface area contributed by atoms with Gasteiger partial charge in [0.25, 0.3) is 0 Å². The Morgan fingerprint density at radius 3 is 2.70 bits per heavy atom. The molecule has 2 aliphatic rings. The second kappa shape index (κ2) is 8.23. The van der Waals surface area contributed by atoms with E-state index in [2.05, 4.69) is 27.2 Å². The van der Waals surface area contributed by atoms with E-state index >= 15 is 0 Å². The van der Waals surface area contributed by atoms with E-state index in [-0.39, 0.29) is 17.9 Å². The van der Waals surface area contributed by atoms with E-state index in [1.54, 1.807) is 6.07 Å². The number of aromatic nitrogens is 2. The summed E-state index contributed by atoms with van der Waals surface area (Å²) in [6.07, 6.45) is 1.82. The molecule has 0 radical (unpaired) electrons. The molecule has 2 aliphatic heterocycles. The van der Waals surface area contributed by atoms with Crippen LogP contribution in [-0.4, -0.2) is 53.8 Å². The Bertz CT molecular complexity index is 771. The van der Waals surface area contributed by atoms with Gasteiger partial charge in [-0.3, -0.25) is 4.79 Å². The minimum atomic E-state index is -0.0503. The zero-order valence-electron chi connectivity index (χ0n) is 15.1. The van der Waals surface area contributed by atoms with E-state index in [1.807, 2.05) is 29.2 Å². The van der Waals surface area contributed by atoms with Crippen LogP contribution in [0.2, 0.25) is 5.15 Å². The van der Waals surface area contributed by atoms with E-state index < -0.39 is 0 Å². The van der Waals surface area contributed by atoms with Crippen LogP contribution in [0.3, 0.4) is 0 Å². The van der Waals surface area contributed by atoms with Crippen LogP contribution in [0.25, 0.3) is 0 Å². The summed E-state index contributed by atoms with van der Waals surface area (Å²) in [5, 5.41) is 8.46. The van der Waals surface area contributed by atoms with Gasteiger partial charge < -0.3 is 14.5 Å². The van der Waals surface area contributed by atoms with Gasteiger partial charge in [0, 0.05) is 19.6 Å². The van der Waals surface area contributed by atoms with Crippen molar-refractivity contribution in [2.24, 2.45) is 5.92 Å². The number of hydrogen-bond donors (Lipinski definition) is 0. The van der Waals surface area contributed by atoms with E-state index in [1.165, 1.54) is 0 Å². The minimum Gasteiger partial charge on any atom is -0.370 e. The lowest BCUT2D eigenvalue weighted by atomic mass is 9.95. The maximum Gasteiger partial charge on any atom is 0.227 e. The summed E-state index contributed by atoms with van der Waals surface area (Å²) >= 11 is 5.83. The molecule has 7 heteroatoms. The van der Waals surface area contributed by atoms with E-state index in [0.29, 0.717) is 31.4 Å². The van der Waals surface area contributed by atoms with Gasteiger partial charge in [-0.05, 0) is 30.5 Å². The molecule has 0 aliphatic carbocycles. The highest BCUT2D eigenvalue weighted by Gasteiger charge is 2.33. The first-order valence-corrected chi connectivity index (χ1v) is 9.78. The Balaban J connectivity index is 1.41. The highest BCUT2D eigenvalue weighted by atomic mass is 35.5. The lowest BCUT2D eigenvalue weighted by molar-refractivity contribution is -0.143. The van der Waals surface area contributed by atoms with Crippen molar-refractivity contribution >= 4 is 23.3 Å². The number of hydrogen-bond acceptors (Lipinski definition) is 5. The monoisotopic (exact) mass is 386 g/mol. The van der Waals surface area contributed by atoms with E-state index in [0.717, 1.165) is 30.8 Å². The largest absolute Gasteiger partial charge is 0.370 e. The van der Waals surface area contributed by atoms with Crippen molar-refractivity contribution < 1.29 is 9.53 Å². The number of carbonyl (C=O) groups is 1. The first-order valence-electron chi connectivity index (χ1n) is 9.40. The molecule has 0 saturated carbocycles. The molecular weight excluding hydrogens is 364 g/mol. The molecule has 0 N–H and O–H groups in total. The number of halogens is 1. The van der Waals surface area contributed by atoms with Gasteiger partial charge in [0.1, 0.15) is 6.10 Å². The van der Waals surface area contributed by atoms with Gasteiger partial charge in [0.2, 0.25) is 5.91 Å². The number of ether oxygens (including phenoxy) is 1. The van der Waals surface area contributed by atoms with E-state index in [9.17, 15) is 4.79 Å². The molecule has 1 aromatic heterocycles. The zero-order valence-corrected chi connectivity index (χ0v) is 15.9. The summed E-state index contributed by atoms with van der Waals surface area (Å²) in [6.45, 7) is 3.39. The van der Waals surface area contributed by atoms with Crippen LogP contribution in [0.5, 0.6) is 0 Å². The molecule has 2 atom stereocenters. The number of morpholine rings is 1. The normalized spacial score (nSPS) is 23.3. The molecule has 0 unspecified atom stereocenters. The smallest absolute Gasteiger partial charge is 0.227 e. The van der Waals surface area contributed by atoms with Gasteiger partial charge >= 0.3 is 0 Å². The summed E-state index contributed by atoms with van der Waals surface area (Å²) in [4.78, 5) is 17.2. The third-order valence-electron chi connectivity index (χ3n) is 5.26. The molecular formula is C20H23ClN4O2. The zero-order chi connectivity index (χ0) is 18.6. The molecule has 0 spiro atoms. The van der Waals surface area contributed by atoms with Gasteiger partial charge in [-0.25, -0.2) is 0 Å². The fourth-order valence-electron chi connectivity index (χ4n) is 3.84. The minimum absolute atomic E-state index is 0.0225. The Morgan fingerprint density at radius 1 is 1.07 bits per heavy atom. The summed E-state index contributed by atoms with van der Waals surface area (Å²) in [5.41, 5.74) is 1.12. The van der Waals surface area contributed by atoms with E-state index in [4.69, 9.17) is 16.3 Å². The first-order chi connectivity index (χ1) is 13.2. The van der Waals surface area contributed by atoms with Crippen molar-refractivity contribution in [1.82, 2.24) is 15.1 Å². The summed E-state index contributed by atoms with van der Waals surface area (Å²) in [5.74, 6) is 0.970. The van der Waals surface area contributed by atoms with Gasteiger partial charge in [-0.15, -0.1) is 10.2 Å². The number of rotatable bonds is 3. The average Bonchev–Trinajstić information content (AvgIpc) is 2.74. The highest BCUT2D eigenvalue weighted by molar-refractivity contribution is 6.29. The summed E-state index contributed by atoms with van der Waals surface area (Å²) in [7, 11) is 0. The van der Waals surface area contributed by atoms with Crippen molar-refractivity contribution in [1.29, 1.82) is 0 Å². The first kappa shape index (κ1) is 18.2. The van der Waals surface area contributed by atoms with Gasteiger partial charge in [-0.2, -0.15) is 0 Å². The lowest BCUT2D eigenvalue weighted by Gasteiger charge is -2.38. The number of carbonyl (C=O) groups excluding carboxylic acids is 1. The Hall–Kier alpha value is -2.18. The molecule has 27 heavy (non-hydrogen) atoms. The number of anilines is 1. The van der Waals surface area contributed by atoms with Gasteiger partial charge in [0.15, 0.2) is 11.0 Å². The van der Waals surface area contributed by atoms with Crippen LogP contribution in [0.1, 0.15) is 24.5 Å². The molecule has 2 fully saturated rings. The maximum atomic E-state index is 13.1. The number of piperidine rings is 1. The molecule has 1 aromatic carbocycles.